The highest BCUT2D eigenvalue weighted by atomic mass is 16.2. The summed E-state index contributed by atoms with van der Waals surface area (Å²) in [6.45, 7) is 7.40. The first-order valence-corrected chi connectivity index (χ1v) is 7.86. The first-order chi connectivity index (χ1) is 9.08. The summed E-state index contributed by atoms with van der Waals surface area (Å²) in [4.78, 5) is 17.0. The van der Waals surface area contributed by atoms with Crippen LogP contribution >= 0.6 is 0 Å². The number of hydrogen-bond donors (Lipinski definition) is 1. The van der Waals surface area contributed by atoms with Crippen molar-refractivity contribution in [1.29, 1.82) is 0 Å². The molecule has 4 heteroatoms. The number of rotatable bonds is 7. The number of hydrogen-bond acceptors (Lipinski definition) is 3. The number of nitrogens with one attached hydrogen (secondary N) is 1. The predicted octanol–water partition coefficient (Wildman–Crippen LogP) is 1.81. The van der Waals surface area contributed by atoms with Crippen LogP contribution in [-0.4, -0.2) is 53.6 Å². The van der Waals surface area contributed by atoms with Crippen LogP contribution < -0.4 is 5.32 Å². The summed E-state index contributed by atoms with van der Waals surface area (Å²) < 4.78 is 0. The van der Waals surface area contributed by atoms with E-state index in [0.29, 0.717) is 11.9 Å². The minimum absolute atomic E-state index is 0.0494. The molecule has 4 nitrogen and oxygen atoms in total. The fraction of sp³-hybridized carbons (Fsp3) is 0.933. The van der Waals surface area contributed by atoms with Crippen LogP contribution in [0.4, 0.5) is 0 Å². The molecule has 1 aliphatic carbocycles. The Kier molecular flexibility index (Phi) is 4.85. The average molecular weight is 267 g/mol. The smallest absolute Gasteiger partial charge is 0.241 e. The molecule has 19 heavy (non-hydrogen) atoms. The van der Waals surface area contributed by atoms with Gasteiger partial charge in [0.05, 0.1) is 12.2 Å². The van der Waals surface area contributed by atoms with Crippen LogP contribution in [0, 0.1) is 0 Å². The molecule has 0 spiro atoms. The molecule has 1 aliphatic heterocycles. The maximum atomic E-state index is 12.5. The lowest BCUT2D eigenvalue weighted by Crippen LogP contribution is -2.46. The van der Waals surface area contributed by atoms with Gasteiger partial charge in [-0.25, -0.2) is 0 Å². The molecule has 1 heterocycles. The Labute approximate surface area is 117 Å². The number of amides is 1. The lowest BCUT2D eigenvalue weighted by atomic mass is 10.1. The summed E-state index contributed by atoms with van der Waals surface area (Å²) in [5.74, 6) is 0.310. The highest BCUT2D eigenvalue weighted by Crippen LogP contribution is 2.28. The minimum atomic E-state index is 0.0494. The quantitative estimate of drug-likeness (QED) is 0.764. The third-order valence-electron chi connectivity index (χ3n) is 4.59. The van der Waals surface area contributed by atoms with Gasteiger partial charge in [-0.2, -0.15) is 0 Å². The number of carbonyl (C=O) groups is 1. The van der Waals surface area contributed by atoms with Crippen molar-refractivity contribution in [2.45, 2.75) is 77.2 Å². The van der Waals surface area contributed by atoms with Gasteiger partial charge in [-0.05, 0) is 39.7 Å². The van der Waals surface area contributed by atoms with Gasteiger partial charge in [0, 0.05) is 18.6 Å². The van der Waals surface area contributed by atoms with E-state index in [9.17, 15) is 4.79 Å². The van der Waals surface area contributed by atoms with Gasteiger partial charge in [0.25, 0.3) is 0 Å². The van der Waals surface area contributed by atoms with Gasteiger partial charge in [0.15, 0.2) is 0 Å². The van der Waals surface area contributed by atoms with E-state index in [2.05, 4.69) is 42.9 Å². The Morgan fingerprint density at radius 1 is 1.42 bits per heavy atom. The number of likely N-dealkylation sites (N-methyl/N-ethyl adjacent to an activating group) is 1. The number of carbonyl (C=O) groups excluding carboxylic acids is 1. The molecule has 3 atom stereocenters. The number of nitrogens with zero attached hydrogens (tertiary/aromatic N) is 2. The van der Waals surface area contributed by atoms with Gasteiger partial charge < -0.3 is 4.90 Å². The lowest BCUT2D eigenvalue weighted by molar-refractivity contribution is -0.130. The van der Waals surface area contributed by atoms with Crippen molar-refractivity contribution >= 4 is 5.91 Å². The summed E-state index contributed by atoms with van der Waals surface area (Å²) in [6, 6.07) is 1.26. The van der Waals surface area contributed by atoms with Gasteiger partial charge >= 0.3 is 0 Å². The highest BCUT2D eigenvalue weighted by molar-refractivity contribution is 5.84. The summed E-state index contributed by atoms with van der Waals surface area (Å²) in [6.07, 6.45) is 5.89. The molecule has 2 fully saturated rings. The maximum Gasteiger partial charge on any atom is 0.241 e. The maximum absolute atomic E-state index is 12.5. The van der Waals surface area contributed by atoms with Crippen LogP contribution in [0.1, 0.15) is 52.9 Å². The van der Waals surface area contributed by atoms with E-state index in [1.54, 1.807) is 0 Å². The van der Waals surface area contributed by atoms with Crippen molar-refractivity contribution in [3.05, 3.63) is 0 Å². The third kappa shape index (κ3) is 3.29. The van der Waals surface area contributed by atoms with Gasteiger partial charge in [-0.3, -0.25) is 15.0 Å². The van der Waals surface area contributed by atoms with E-state index < -0.39 is 0 Å². The van der Waals surface area contributed by atoms with Crippen molar-refractivity contribution < 1.29 is 4.79 Å². The molecule has 0 radical (unpaired) electrons. The Morgan fingerprint density at radius 3 is 2.63 bits per heavy atom. The second-order valence-electron chi connectivity index (χ2n) is 6.17. The first-order valence-electron chi connectivity index (χ1n) is 7.86. The molecular formula is C15H29N3O. The van der Waals surface area contributed by atoms with Crippen LogP contribution in [0.15, 0.2) is 0 Å². The predicted molar refractivity (Wildman–Crippen MR) is 77.9 cm³/mol. The monoisotopic (exact) mass is 267 g/mol. The fourth-order valence-corrected chi connectivity index (χ4v) is 3.05. The second kappa shape index (κ2) is 6.23. The molecule has 0 aromatic carbocycles. The van der Waals surface area contributed by atoms with E-state index in [0.717, 1.165) is 31.8 Å². The Balaban J connectivity index is 1.94. The molecule has 2 rings (SSSR count). The summed E-state index contributed by atoms with van der Waals surface area (Å²) in [7, 11) is 2.20. The van der Waals surface area contributed by atoms with E-state index in [4.69, 9.17) is 0 Å². The van der Waals surface area contributed by atoms with Crippen LogP contribution in [-0.2, 0) is 4.79 Å². The molecule has 1 amide bonds. The fourth-order valence-electron chi connectivity index (χ4n) is 3.05. The van der Waals surface area contributed by atoms with Gasteiger partial charge in [0.2, 0.25) is 5.91 Å². The molecule has 0 bridgehead atoms. The second-order valence-corrected chi connectivity index (χ2v) is 6.17. The molecule has 1 N–H and O–H groups in total. The van der Waals surface area contributed by atoms with E-state index in [1.807, 2.05) is 0 Å². The third-order valence-corrected chi connectivity index (χ3v) is 4.59. The zero-order chi connectivity index (χ0) is 14.0. The summed E-state index contributed by atoms with van der Waals surface area (Å²) in [5, 5.41) is 3.49. The summed E-state index contributed by atoms with van der Waals surface area (Å²) in [5.41, 5.74) is 0. The molecule has 1 saturated heterocycles. The normalized spacial score (nSPS) is 29.3. The first kappa shape index (κ1) is 14.8. The Hall–Kier alpha value is -0.610. The van der Waals surface area contributed by atoms with Crippen LogP contribution in [0.25, 0.3) is 0 Å². The molecule has 2 aliphatic rings. The SMILES string of the molecule is CCCC1NC(CC)N(CC(C)N(C)C2CC2)C1=O. The molecule has 0 aromatic rings. The van der Waals surface area contributed by atoms with Crippen LogP contribution in [0.3, 0.4) is 0 Å². The summed E-state index contributed by atoms with van der Waals surface area (Å²) >= 11 is 0. The van der Waals surface area contributed by atoms with Gasteiger partial charge in [0.1, 0.15) is 0 Å². The lowest BCUT2D eigenvalue weighted by Gasteiger charge is -2.31. The average Bonchev–Trinajstić information content (AvgIpc) is 3.20. The molecule has 1 saturated carbocycles. The standard InChI is InChI=1S/C15H29N3O/c1-5-7-13-15(19)18(14(6-2)16-13)10-11(3)17(4)12-8-9-12/h11-14,16H,5-10H2,1-4H3. The van der Waals surface area contributed by atoms with Crippen molar-refractivity contribution in [1.82, 2.24) is 15.1 Å². The highest BCUT2D eigenvalue weighted by Gasteiger charge is 2.39. The Bertz CT molecular complexity index is 317. The van der Waals surface area contributed by atoms with Crippen LogP contribution in [0.5, 0.6) is 0 Å². The van der Waals surface area contributed by atoms with Crippen molar-refractivity contribution in [3.8, 4) is 0 Å². The molecular weight excluding hydrogens is 238 g/mol. The van der Waals surface area contributed by atoms with E-state index in [-0.39, 0.29) is 12.2 Å². The largest absolute Gasteiger partial charge is 0.324 e. The minimum Gasteiger partial charge on any atom is -0.324 e. The van der Waals surface area contributed by atoms with Crippen molar-refractivity contribution in [3.63, 3.8) is 0 Å². The topological polar surface area (TPSA) is 35.6 Å². The molecule has 3 unspecified atom stereocenters. The van der Waals surface area contributed by atoms with Crippen LogP contribution in [0.2, 0.25) is 0 Å². The molecule has 110 valence electrons. The zero-order valence-corrected chi connectivity index (χ0v) is 12.9. The Morgan fingerprint density at radius 2 is 2.11 bits per heavy atom. The van der Waals surface area contributed by atoms with Crippen molar-refractivity contribution in [2.24, 2.45) is 0 Å². The van der Waals surface area contributed by atoms with Gasteiger partial charge in [-0.15, -0.1) is 0 Å². The molecule has 0 aromatic heterocycles. The van der Waals surface area contributed by atoms with Crippen molar-refractivity contribution in [2.75, 3.05) is 13.6 Å². The van der Waals surface area contributed by atoms with E-state index >= 15 is 0 Å². The van der Waals surface area contributed by atoms with E-state index in [1.165, 1.54) is 12.8 Å². The zero-order valence-electron chi connectivity index (χ0n) is 12.9. The van der Waals surface area contributed by atoms with Gasteiger partial charge in [-0.1, -0.05) is 20.3 Å².